The molecule has 0 spiro atoms. The molecule has 0 radical (unpaired) electrons. The number of hydrogen-bond donors (Lipinski definition) is 0. The molecule has 5 nitrogen and oxygen atoms in total. The van der Waals surface area contributed by atoms with Crippen LogP contribution in [0.15, 0.2) is 194 Å². The molecule has 0 saturated carbocycles. The van der Waals surface area contributed by atoms with Gasteiger partial charge in [-0.2, -0.15) is 0 Å². The first-order chi connectivity index (χ1) is 28.2. The van der Waals surface area contributed by atoms with Crippen molar-refractivity contribution in [2.24, 2.45) is 0 Å². The normalized spacial score (nSPS) is 11.6. The fourth-order valence-electron chi connectivity index (χ4n) is 8.28. The van der Waals surface area contributed by atoms with Crippen LogP contribution in [0.4, 0.5) is 0 Å². The summed E-state index contributed by atoms with van der Waals surface area (Å²) in [6.45, 7) is 2.13. The molecule has 0 N–H and O–H groups in total. The molecule has 0 fully saturated rings. The first-order valence-corrected chi connectivity index (χ1v) is 19.3. The van der Waals surface area contributed by atoms with Crippen molar-refractivity contribution >= 4 is 43.6 Å². The van der Waals surface area contributed by atoms with E-state index >= 15 is 0 Å². The Kier molecular flexibility index (Phi) is 7.64. The van der Waals surface area contributed by atoms with E-state index in [-0.39, 0.29) is 0 Å². The van der Waals surface area contributed by atoms with Gasteiger partial charge < -0.3 is 9.13 Å². The van der Waals surface area contributed by atoms with E-state index < -0.39 is 0 Å². The van der Waals surface area contributed by atoms with E-state index in [2.05, 4.69) is 150 Å². The molecule has 11 aromatic rings. The summed E-state index contributed by atoms with van der Waals surface area (Å²) < 4.78 is 4.73. The van der Waals surface area contributed by atoms with Gasteiger partial charge in [0.15, 0.2) is 17.5 Å². The molecule has 0 atom stereocenters. The Morgan fingerprint density at radius 2 is 0.737 bits per heavy atom. The summed E-state index contributed by atoms with van der Waals surface area (Å²) >= 11 is 0. The molecule has 0 saturated heterocycles. The van der Waals surface area contributed by atoms with Gasteiger partial charge in [-0.05, 0) is 78.7 Å². The second kappa shape index (κ2) is 13.3. The molecule has 0 unspecified atom stereocenters. The third-order valence-corrected chi connectivity index (χ3v) is 11.0. The highest BCUT2D eigenvalue weighted by molar-refractivity contribution is 6.12. The smallest absolute Gasteiger partial charge is 0.164 e. The van der Waals surface area contributed by atoms with E-state index in [1.54, 1.807) is 0 Å². The molecular formula is C52H35N5. The third kappa shape index (κ3) is 5.59. The molecule has 3 heterocycles. The Labute approximate surface area is 329 Å². The highest BCUT2D eigenvalue weighted by atomic mass is 15.0. The van der Waals surface area contributed by atoms with Crippen LogP contribution in [0.2, 0.25) is 0 Å². The van der Waals surface area contributed by atoms with Crippen molar-refractivity contribution in [1.82, 2.24) is 24.1 Å². The number of fused-ring (bicyclic) bond motifs is 6. The average Bonchev–Trinajstić information content (AvgIpc) is 3.79. The minimum absolute atomic E-state index is 0.631. The Morgan fingerprint density at radius 1 is 0.298 bits per heavy atom. The fourth-order valence-corrected chi connectivity index (χ4v) is 8.28. The summed E-state index contributed by atoms with van der Waals surface area (Å²) in [5.41, 5.74) is 13.3. The second-order valence-electron chi connectivity index (χ2n) is 14.6. The Bertz CT molecular complexity index is 3230. The first kappa shape index (κ1) is 32.8. The number of nitrogens with zero attached hydrogens (tertiary/aromatic N) is 5. The van der Waals surface area contributed by atoms with Crippen LogP contribution in [0.3, 0.4) is 0 Å². The fraction of sp³-hybridized carbons (Fsp3) is 0.0192. The van der Waals surface area contributed by atoms with E-state index in [0.717, 1.165) is 33.4 Å². The van der Waals surface area contributed by atoms with Gasteiger partial charge in [-0.1, -0.05) is 139 Å². The molecule has 0 aliphatic rings. The molecule has 11 rings (SSSR count). The lowest BCUT2D eigenvalue weighted by Crippen LogP contribution is -2.01. The van der Waals surface area contributed by atoms with E-state index in [9.17, 15) is 0 Å². The molecule has 57 heavy (non-hydrogen) atoms. The maximum absolute atomic E-state index is 5.02. The lowest BCUT2D eigenvalue weighted by Gasteiger charge is -2.12. The van der Waals surface area contributed by atoms with Gasteiger partial charge in [0, 0.05) is 49.6 Å². The highest BCUT2D eigenvalue weighted by Gasteiger charge is 2.18. The standard InChI is InChI=1S/C52H35N5/c1-34-23-27-40(28-24-34)56-46-21-10-8-19-42(46)44-32-37(25-29-48(44)56)38-26-30-49-45(33-38)43-20-9-11-22-47(43)57(49)41-18-12-17-39(31-41)52-54-50(35-13-4-2-5-14-35)53-51(55-52)36-15-6-3-7-16-36/h2-33H,1H3. The predicted octanol–water partition coefficient (Wildman–Crippen LogP) is 13.0. The Balaban J connectivity index is 1.04. The molecule has 0 aliphatic carbocycles. The maximum Gasteiger partial charge on any atom is 0.164 e. The zero-order chi connectivity index (χ0) is 37.9. The second-order valence-corrected chi connectivity index (χ2v) is 14.6. The maximum atomic E-state index is 5.02. The number of aromatic nitrogens is 5. The highest BCUT2D eigenvalue weighted by Crippen LogP contribution is 2.39. The number of para-hydroxylation sites is 2. The first-order valence-electron chi connectivity index (χ1n) is 19.3. The summed E-state index contributed by atoms with van der Waals surface area (Å²) in [5, 5.41) is 4.90. The van der Waals surface area contributed by atoms with Gasteiger partial charge in [0.2, 0.25) is 0 Å². The van der Waals surface area contributed by atoms with Crippen molar-refractivity contribution in [3.8, 4) is 56.7 Å². The van der Waals surface area contributed by atoms with Crippen molar-refractivity contribution in [3.63, 3.8) is 0 Å². The van der Waals surface area contributed by atoms with Crippen molar-refractivity contribution in [2.75, 3.05) is 0 Å². The van der Waals surface area contributed by atoms with Crippen LogP contribution < -0.4 is 0 Å². The molecular weight excluding hydrogens is 695 g/mol. The summed E-state index contributed by atoms with van der Waals surface area (Å²) in [6, 6.07) is 68.7. The van der Waals surface area contributed by atoms with Crippen LogP contribution in [0, 0.1) is 6.92 Å². The molecule has 8 aromatic carbocycles. The van der Waals surface area contributed by atoms with E-state index in [1.807, 2.05) is 60.7 Å². The minimum Gasteiger partial charge on any atom is -0.309 e. The number of aryl methyl sites for hydroxylation is 1. The van der Waals surface area contributed by atoms with E-state index in [0.29, 0.717) is 17.5 Å². The topological polar surface area (TPSA) is 48.5 Å². The largest absolute Gasteiger partial charge is 0.309 e. The third-order valence-electron chi connectivity index (χ3n) is 11.0. The van der Waals surface area contributed by atoms with Crippen LogP contribution in [0.1, 0.15) is 5.56 Å². The number of rotatable bonds is 6. The van der Waals surface area contributed by atoms with Gasteiger partial charge in [0.25, 0.3) is 0 Å². The Morgan fingerprint density at radius 3 is 1.28 bits per heavy atom. The SMILES string of the molecule is Cc1ccc(-n2c3ccccc3c3cc(-c4ccc5c(c4)c4ccccc4n5-c4cccc(-c5nc(-c6ccccc6)nc(-c6ccccc6)n5)c4)ccc32)cc1. The van der Waals surface area contributed by atoms with Gasteiger partial charge >= 0.3 is 0 Å². The summed E-state index contributed by atoms with van der Waals surface area (Å²) in [6.07, 6.45) is 0. The Hall–Kier alpha value is -7.63. The van der Waals surface area contributed by atoms with Crippen LogP contribution in [0.5, 0.6) is 0 Å². The zero-order valence-corrected chi connectivity index (χ0v) is 31.2. The number of hydrogen-bond acceptors (Lipinski definition) is 3. The van der Waals surface area contributed by atoms with Crippen molar-refractivity contribution in [1.29, 1.82) is 0 Å². The van der Waals surface area contributed by atoms with E-state index in [1.165, 1.54) is 55.0 Å². The van der Waals surface area contributed by atoms with Gasteiger partial charge in [-0.25, -0.2) is 15.0 Å². The molecule has 3 aromatic heterocycles. The van der Waals surface area contributed by atoms with Crippen molar-refractivity contribution in [2.45, 2.75) is 6.92 Å². The lowest BCUT2D eigenvalue weighted by atomic mass is 10.0. The summed E-state index contributed by atoms with van der Waals surface area (Å²) in [4.78, 5) is 15.0. The minimum atomic E-state index is 0.631. The van der Waals surface area contributed by atoms with Crippen LogP contribution >= 0.6 is 0 Å². The van der Waals surface area contributed by atoms with Crippen molar-refractivity contribution in [3.05, 3.63) is 200 Å². The predicted molar refractivity (Wildman–Crippen MR) is 235 cm³/mol. The zero-order valence-electron chi connectivity index (χ0n) is 31.2. The average molecular weight is 730 g/mol. The molecule has 268 valence electrons. The van der Waals surface area contributed by atoms with Crippen LogP contribution in [-0.4, -0.2) is 24.1 Å². The molecule has 5 heteroatoms. The lowest BCUT2D eigenvalue weighted by molar-refractivity contribution is 1.07. The van der Waals surface area contributed by atoms with Crippen molar-refractivity contribution < 1.29 is 0 Å². The number of benzene rings is 8. The van der Waals surface area contributed by atoms with Crippen LogP contribution in [0.25, 0.3) is 100 Å². The quantitative estimate of drug-likeness (QED) is 0.171. The monoisotopic (exact) mass is 729 g/mol. The molecule has 0 bridgehead atoms. The summed E-state index contributed by atoms with van der Waals surface area (Å²) in [5.74, 6) is 1.92. The summed E-state index contributed by atoms with van der Waals surface area (Å²) in [7, 11) is 0. The van der Waals surface area contributed by atoms with Gasteiger partial charge in [-0.15, -0.1) is 0 Å². The van der Waals surface area contributed by atoms with Gasteiger partial charge in [-0.3, -0.25) is 0 Å². The van der Waals surface area contributed by atoms with Gasteiger partial charge in [0.1, 0.15) is 0 Å². The van der Waals surface area contributed by atoms with Crippen LogP contribution in [-0.2, 0) is 0 Å². The van der Waals surface area contributed by atoms with E-state index in [4.69, 9.17) is 15.0 Å². The molecule has 0 aliphatic heterocycles. The molecule has 0 amide bonds. The van der Waals surface area contributed by atoms with Gasteiger partial charge in [0.05, 0.1) is 22.1 Å².